The molecule has 1 unspecified atom stereocenters. The van der Waals surface area contributed by atoms with E-state index in [0.717, 1.165) is 5.92 Å². The average molecular weight is 298 g/mol. The first-order valence-corrected chi connectivity index (χ1v) is 8.50. The largest absolute Gasteiger partial charge is 0.0804 e. The van der Waals surface area contributed by atoms with E-state index in [0.29, 0.717) is 0 Å². The Morgan fingerprint density at radius 1 is 0.826 bits per heavy atom. The number of allylic oxidation sites excluding steroid dienone is 2. The molecule has 0 heteroatoms. The molecule has 0 spiro atoms. The van der Waals surface area contributed by atoms with Crippen LogP contribution in [0.4, 0.5) is 0 Å². The molecular formula is C23H22. The van der Waals surface area contributed by atoms with Gasteiger partial charge in [-0.15, -0.1) is 0 Å². The molecule has 23 heavy (non-hydrogen) atoms. The van der Waals surface area contributed by atoms with Gasteiger partial charge >= 0.3 is 0 Å². The minimum absolute atomic E-state index is 0.786. The molecule has 3 aromatic rings. The maximum Gasteiger partial charge on any atom is -0.0177 e. The molecule has 4 rings (SSSR count). The molecule has 0 saturated heterocycles. The Labute approximate surface area is 138 Å². The standard InChI is InChI=1S/C23H22/c1-16-7-9-22(13-16)23-15-21(10-8-17(23)2)20-12-11-18-5-3-4-6-19(18)14-20/h3-6,8-12,14-16H,7,13H2,1-2H3. The van der Waals surface area contributed by atoms with E-state index in [1.54, 1.807) is 0 Å². The summed E-state index contributed by atoms with van der Waals surface area (Å²) in [5.41, 5.74) is 6.96. The number of benzene rings is 3. The maximum atomic E-state index is 2.43. The number of rotatable bonds is 2. The molecular weight excluding hydrogens is 276 g/mol. The molecule has 0 amide bonds. The van der Waals surface area contributed by atoms with E-state index in [9.17, 15) is 0 Å². The lowest BCUT2D eigenvalue weighted by Gasteiger charge is -2.12. The number of hydrogen-bond acceptors (Lipinski definition) is 0. The van der Waals surface area contributed by atoms with Crippen LogP contribution >= 0.6 is 0 Å². The zero-order chi connectivity index (χ0) is 15.8. The van der Waals surface area contributed by atoms with Gasteiger partial charge < -0.3 is 0 Å². The highest BCUT2D eigenvalue weighted by molar-refractivity contribution is 5.88. The highest BCUT2D eigenvalue weighted by Crippen LogP contribution is 2.35. The van der Waals surface area contributed by atoms with Crippen LogP contribution in [0, 0.1) is 12.8 Å². The van der Waals surface area contributed by atoms with Crippen LogP contribution in [0.3, 0.4) is 0 Å². The monoisotopic (exact) mass is 298 g/mol. The second kappa shape index (κ2) is 5.70. The van der Waals surface area contributed by atoms with Crippen molar-refractivity contribution in [2.75, 3.05) is 0 Å². The Kier molecular flexibility index (Phi) is 3.53. The third kappa shape index (κ3) is 2.70. The molecule has 1 atom stereocenters. The highest BCUT2D eigenvalue weighted by Gasteiger charge is 2.16. The van der Waals surface area contributed by atoms with E-state index in [2.05, 4.69) is 80.6 Å². The van der Waals surface area contributed by atoms with Crippen molar-refractivity contribution >= 4 is 16.3 Å². The van der Waals surface area contributed by atoms with Crippen molar-refractivity contribution in [2.45, 2.75) is 26.7 Å². The zero-order valence-electron chi connectivity index (χ0n) is 13.8. The fourth-order valence-corrected chi connectivity index (χ4v) is 3.62. The molecule has 3 aromatic carbocycles. The van der Waals surface area contributed by atoms with Crippen LogP contribution in [-0.4, -0.2) is 0 Å². The molecule has 0 nitrogen and oxygen atoms in total. The van der Waals surface area contributed by atoms with Crippen molar-refractivity contribution in [3.05, 3.63) is 77.9 Å². The van der Waals surface area contributed by atoms with E-state index in [-0.39, 0.29) is 0 Å². The first kappa shape index (κ1) is 14.3. The van der Waals surface area contributed by atoms with Crippen molar-refractivity contribution in [3.8, 4) is 11.1 Å². The molecule has 0 heterocycles. The summed E-state index contributed by atoms with van der Waals surface area (Å²) in [5, 5.41) is 2.61. The van der Waals surface area contributed by atoms with Crippen LogP contribution in [0.2, 0.25) is 0 Å². The molecule has 1 aliphatic carbocycles. The molecule has 0 aliphatic heterocycles. The summed E-state index contributed by atoms with van der Waals surface area (Å²) in [4.78, 5) is 0. The van der Waals surface area contributed by atoms with Gasteiger partial charge in [0.05, 0.1) is 0 Å². The van der Waals surface area contributed by atoms with Crippen LogP contribution in [0.25, 0.3) is 27.5 Å². The minimum atomic E-state index is 0.786. The lowest BCUT2D eigenvalue weighted by Crippen LogP contribution is -1.91. The molecule has 114 valence electrons. The van der Waals surface area contributed by atoms with Crippen LogP contribution in [0.1, 0.15) is 30.9 Å². The summed E-state index contributed by atoms with van der Waals surface area (Å²) >= 11 is 0. The Bertz CT molecular complexity index is 899. The average Bonchev–Trinajstić information content (AvgIpc) is 3.01. The maximum absolute atomic E-state index is 2.43. The van der Waals surface area contributed by atoms with E-state index < -0.39 is 0 Å². The van der Waals surface area contributed by atoms with Crippen molar-refractivity contribution in [3.63, 3.8) is 0 Å². The molecule has 0 bridgehead atoms. The number of fused-ring (bicyclic) bond motifs is 1. The summed E-state index contributed by atoms with van der Waals surface area (Å²) in [6, 6.07) is 22.2. The highest BCUT2D eigenvalue weighted by atomic mass is 14.2. The van der Waals surface area contributed by atoms with Gasteiger partial charge in [0.25, 0.3) is 0 Å². The fourth-order valence-electron chi connectivity index (χ4n) is 3.62. The quantitative estimate of drug-likeness (QED) is 0.498. The molecule has 0 radical (unpaired) electrons. The summed E-state index contributed by atoms with van der Waals surface area (Å²) in [6.07, 6.45) is 4.86. The lowest BCUT2D eigenvalue weighted by atomic mass is 9.93. The van der Waals surface area contributed by atoms with E-state index >= 15 is 0 Å². The third-order valence-electron chi connectivity index (χ3n) is 5.00. The third-order valence-corrected chi connectivity index (χ3v) is 5.00. The van der Waals surface area contributed by atoms with Crippen LogP contribution in [0.5, 0.6) is 0 Å². The van der Waals surface area contributed by atoms with Crippen LogP contribution < -0.4 is 0 Å². The zero-order valence-corrected chi connectivity index (χ0v) is 13.8. The summed E-state index contributed by atoms with van der Waals surface area (Å²) in [7, 11) is 0. The minimum Gasteiger partial charge on any atom is -0.0804 e. The normalized spacial score (nSPS) is 17.5. The van der Waals surface area contributed by atoms with E-state index in [4.69, 9.17) is 0 Å². The van der Waals surface area contributed by atoms with Gasteiger partial charge in [-0.25, -0.2) is 0 Å². The van der Waals surface area contributed by atoms with Gasteiger partial charge in [-0.2, -0.15) is 0 Å². The van der Waals surface area contributed by atoms with Crippen LogP contribution in [-0.2, 0) is 0 Å². The topological polar surface area (TPSA) is 0 Å². The Morgan fingerprint density at radius 3 is 2.35 bits per heavy atom. The molecule has 1 aliphatic rings. The molecule has 0 aromatic heterocycles. The predicted molar refractivity (Wildman–Crippen MR) is 100 cm³/mol. The molecule has 0 N–H and O–H groups in total. The first-order valence-electron chi connectivity index (χ1n) is 8.50. The van der Waals surface area contributed by atoms with Gasteiger partial charge in [-0.3, -0.25) is 0 Å². The SMILES string of the molecule is Cc1ccc(-c2ccc3ccccc3c2)cc1C1=CCC(C)C1. The fraction of sp³-hybridized carbons (Fsp3) is 0.217. The van der Waals surface area contributed by atoms with Gasteiger partial charge in [0.2, 0.25) is 0 Å². The van der Waals surface area contributed by atoms with Crippen molar-refractivity contribution < 1.29 is 0 Å². The summed E-state index contributed by atoms with van der Waals surface area (Å²) in [6.45, 7) is 4.56. The summed E-state index contributed by atoms with van der Waals surface area (Å²) in [5.74, 6) is 0.786. The second-order valence-corrected chi connectivity index (χ2v) is 6.87. The molecule has 0 fully saturated rings. The van der Waals surface area contributed by atoms with Gasteiger partial charge in [0, 0.05) is 0 Å². The van der Waals surface area contributed by atoms with Gasteiger partial charge in [-0.05, 0) is 76.4 Å². The van der Waals surface area contributed by atoms with E-state index in [1.165, 1.54) is 51.4 Å². The Balaban J connectivity index is 1.79. The molecule has 0 saturated carbocycles. The van der Waals surface area contributed by atoms with E-state index in [1.807, 2.05) is 0 Å². The van der Waals surface area contributed by atoms with Gasteiger partial charge in [0.15, 0.2) is 0 Å². The number of aryl methyl sites for hydroxylation is 1. The first-order chi connectivity index (χ1) is 11.2. The number of hydrogen-bond donors (Lipinski definition) is 0. The van der Waals surface area contributed by atoms with Crippen molar-refractivity contribution in [2.24, 2.45) is 5.92 Å². The van der Waals surface area contributed by atoms with Gasteiger partial charge in [-0.1, -0.05) is 61.5 Å². The van der Waals surface area contributed by atoms with Crippen LogP contribution in [0.15, 0.2) is 66.7 Å². The van der Waals surface area contributed by atoms with Crippen molar-refractivity contribution in [1.29, 1.82) is 0 Å². The Hall–Kier alpha value is -2.34. The lowest BCUT2D eigenvalue weighted by molar-refractivity contribution is 0.642. The van der Waals surface area contributed by atoms with Gasteiger partial charge in [0.1, 0.15) is 0 Å². The van der Waals surface area contributed by atoms with Crippen molar-refractivity contribution in [1.82, 2.24) is 0 Å². The smallest absolute Gasteiger partial charge is 0.0177 e. The second-order valence-electron chi connectivity index (χ2n) is 6.87. The summed E-state index contributed by atoms with van der Waals surface area (Å²) < 4.78 is 0. The Morgan fingerprint density at radius 2 is 1.57 bits per heavy atom. The predicted octanol–water partition coefficient (Wildman–Crippen LogP) is 6.63.